The van der Waals surface area contributed by atoms with Crippen molar-refractivity contribution in [3.05, 3.63) is 41.2 Å². The van der Waals surface area contributed by atoms with Crippen molar-refractivity contribution in [1.29, 1.82) is 0 Å². The van der Waals surface area contributed by atoms with Crippen molar-refractivity contribution in [2.45, 2.75) is 20.8 Å². The predicted molar refractivity (Wildman–Crippen MR) is 66.1 cm³/mol. The second kappa shape index (κ2) is 3.93. The summed E-state index contributed by atoms with van der Waals surface area (Å²) in [6.45, 7) is 6.04. The van der Waals surface area contributed by atoms with Crippen LogP contribution >= 0.6 is 0 Å². The van der Waals surface area contributed by atoms with Crippen LogP contribution in [0.3, 0.4) is 0 Å². The summed E-state index contributed by atoms with van der Waals surface area (Å²) in [4.78, 5) is 8.45. The topological polar surface area (TPSA) is 51.8 Å². The van der Waals surface area contributed by atoms with E-state index in [4.69, 9.17) is 5.73 Å². The first kappa shape index (κ1) is 10.6. The smallest absolute Gasteiger partial charge is 0.128 e. The molecule has 0 aliphatic carbocycles. The molecule has 0 spiro atoms. The Morgan fingerprint density at radius 3 is 2.31 bits per heavy atom. The Labute approximate surface area is 95.4 Å². The van der Waals surface area contributed by atoms with Crippen LogP contribution in [0.15, 0.2) is 24.3 Å². The summed E-state index contributed by atoms with van der Waals surface area (Å²) >= 11 is 0. The monoisotopic (exact) mass is 213 g/mol. The maximum Gasteiger partial charge on any atom is 0.128 e. The highest BCUT2D eigenvalue weighted by atomic mass is 14.9. The van der Waals surface area contributed by atoms with Crippen LogP contribution < -0.4 is 5.73 Å². The number of rotatable bonds is 1. The summed E-state index contributed by atoms with van der Waals surface area (Å²) in [5.41, 5.74) is 10.2. The average Bonchev–Trinajstić information content (AvgIpc) is 2.20. The van der Waals surface area contributed by atoms with Gasteiger partial charge in [0.2, 0.25) is 0 Å². The molecule has 1 aromatic carbocycles. The Bertz CT molecular complexity index is 512. The molecule has 1 aromatic heterocycles. The van der Waals surface area contributed by atoms with Crippen molar-refractivity contribution in [3.8, 4) is 11.3 Å². The van der Waals surface area contributed by atoms with E-state index in [2.05, 4.69) is 42.0 Å². The molecule has 82 valence electrons. The van der Waals surface area contributed by atoms with E-state index >= 15 is 0 Å². The standard InChI is InChI=1S/C13H15N3/c1-8-4-5-11(6-9(8)2)12-7-13(14)16-10(3)15-12/h4-7H,1-3H3,(H2,14,15,16). The van der Waals surface area contributed by atoms with E-state index < -0.39 is 0 Å². The maximum absolute atomic E-state index is 5.71. The second-order valence-corrected chi connectivity index (χ2v) is 4.02. The lowest BCUT2D eigenvalue weighted by Gasteiger charge is -2.06. The van der Waals surface area contributed by atoms with Crippen molar-refractivity contribution in [2.24, 2.45) is 0 Å². The lowest BCUT2D eigenvalue weighted by molar-refractivity contribution is 1.07. The molecule has 0 aliphatic heterocycles. The Morgan fingerprint density at radius 1 is 0.938 bits per heavy atom. The van der Waals surface area contributed by atoms with Gasteiger partial charge in [-0.2, -0.15) is 0 Å². The quantitative estimate of drug-likeness (QED) is 0.792. The van der Waals surface area contributed by atoms with Crippen molar-refractivity contribution >= 4 is 5.82 Å². The number of nitrogens with two attached hydrogens (primary N) is 1. The van der Waals surface area contributed by atoms with Gasteiger partial charge in [0.15, 0.2) is 0 Å². The zero-order chi connectivity index (χ0) is 11.7. The molecular weight excluding hydrogens is 198 g/mol. The van der Waals surface area contributed by atoms with E-state index in [-0.39, 0.29) is 0 Å². The lowest BCUT2D eigenvalue weighted by atomic mass is 10.0. The summed E-state index contributed by atoms with van der Waals surface area (Å²) in [7, 11) is 0. The second-order valence-electron chi connectivity index (χ2n) is 4.02. The molecule has 0 aliphatic rings. The van der Waals surface area contributed by atoms with Gasteiger partial charge in [0, 0.05) is 11.6 Å². The molecule has 2 rings (SSSR count). The maximum atomic E-state index is 5.71. The fourth-order valence-electron chi connectivity index (χ4n) is 1.64. The van der Waals surface area contributed by atoms with E-state index in [0.29, 0.717) is 11.6 Å². The normalized spacial score (nSPS) is 10.4. The number of hydrogen-bond donors (Lipinski definition) is 1. The molecule has 0 saturated carbocycles. The largest absolute Gasteiger partial charge is 0.384 e. The van der Waals surface area contributed by atoms with Crippen LogP contribution in [0.1, 0.15) is 17.0 Å². The van der Waals surface area contributed by atoms with Crippen LogP contribution in [0.25, 0.3) is 11.3 Å². The first-order chi connectivity index (χ1) is 7.56. The number of nitrogen functional groups attached to an aromatic ring is 1. The molecule has 0 unspecified atom stereocenters. The van der Waals surface area contributed by atoms with Crippen LogP contribution in [0, 0.1) is 20.8 Å². The van der Waals surface area contributed by atoms with Gasteiger partial charge in [-0.05, 0) is 38.0 Å². The van der Waals surface area contributed by atoms with Crippen LogP contribution in [-0.4, -0.2) is 9.97 Å². The summed E-state index contributed by atoms with van der Waals surface area (Å²) < 4.78 is 0. The highest BCUT2D eigenvalue weighted by Crippen LogP contribution is 2.21. The van der Waals surface area contributed by atoms with E-state index in [0.717, 1.165) is 11.3 Å². The van der Waals surface area contributed by atoms with Gasteiger partial charge in [0.05, 0.1) is 5.69 Å². The molecule has 1 heterocycles. The number of anilines is 1. The van der Waals surface area contributed by atoms with Crippen LogP contribution in [-0.2, 0) is 0 Å². The van der Waals surface area contributed by atoms with E-state index in [1.165, 1.54) is 11.1 Å². The van der Waals surface area contributed by atoms with Crippen LogP contribution in [0.4, 0.5) is 5.82 Å². The molecule has 0 fully saturated rings. The van der Waals surface area contributed by atoms with Gasteiger partial charge in [0.25, 0.3) is 0 Å². The Kier molecular flexibility index (Phi) is 2.60. The number of aryl methyl sites for hydroxylation is 3. The van der Waals surface area contributed by atoms with Gasteiger partial charge in [-0.15, -0.1) is 0 Å². The highest BCUT2D eigenvalue weighted by molar-refractivity contribution is 5.63. The van der Waals surface area contributed by atoms with Gasteiger partial charge in [-0.3, -0.25) is 0 Å². The summed E-state index contributed by atoms with van der Waals surface area (Å²) in [6, 6.07) is 8.08. The van der Waals surface area contributed by atoms with Crippen LogP contribution in [0.5, 0.6) is 0 Å². The van der Waals surface area contributed by atoms with Crippen molar-refractivity contribution in [3.63, 3.8) is 0 Å². The van der Waals surface area contributed by atoms with Gasteiger partial charge in [0.1, 0.15) is 11.6 Å². The molecule has 3 nitrogen and oxygen atoms in total. The van der Waals surface area contributed by atoms with E-state index in [1.807, 2.05) is 6.92 Å². The Balaban J connectivity index is 2.54. The zero-order valence-corrected chi connectivity index (χ0v) is 9.78. The van der Waals surface area contributed by atoms with Gasteiger partial charge in [-0.1, -0.05) is 12.1 Å². The SMILES string of the molecule is Cc1nc(N)cc(-c2ccc(C)c(C)c2)n1. The molecule has 2 N–H and O–H groups in total. The number of aromatic nitrogens is 2. The van der Waals surface area contributed by atoms with Crippen molar-refractivity contribution in [1.82, 2.24) is 9.97 Å². The number of benzene rings is 1. The third kappa shape index (κ3) is 2.03. The Hall–Kier alpha value is -1.90. The fourth-order valence-corrected chi connectivity index (χ4v) is 1.64. The molecular formula is C13H15N3. The zero-order valence-electron chi connectivity index (χ0n) is 9.78. The molecule has 0 radical (unpaired) electrons. The minimum atomic E-state index is 0.515. The van der Waals surface area contributed by atoms with E-state index in [1.54, 1.807) is 6.07 Å². The third-order valence-corrected chi connectivity index (χ3v) is 2.66. The number of nitrogens with zero attached hydrogens (tertiary/aromatic N) is 2. The molecule has 3 heteroatoms. The predicted octanol–water partition coefficient (Wildman–Crippen LogP) is 2.65. The van der Waals surface area contributed by atoms with Crippen molar-refractivity contribution < 1.29 is 0 Å². The number of hydrogen-bond acceptors (Lipinski definition) is 3. The summed E-state index contributed by atoms with van der Waals surface area (Å²) in [5.74, 6) is 1.22. The molecule has 0 saturated heterocycles. The van der Waals surface area contributed by atoms with Gasteiger partial charge < -0.3 is 5.73 Å². The highest BCUT2D eigenvalue weighted by Gasteiger charge is 2.03. The van der Waals surface area contributed by atoms with Crippen LogP contribution in [0.2, 0.25) is 0 Å². The Morgan fingerprint density at radius 2 is 1.69 bits per heavy atom. The van der Waals surface area contributed by atoms with Gasteiger partial charge >= 0.3 is 0 Å². The van der Waals surface area contributed by atoms with E-state index in [9.17, 15) is 0 Å². The molecule has 0 atom stereocenters. The molecule has 16 heavy (non-hydrogen) atoms. The minimum Gasteiger partial charge on any atom is -0.384 e. The lowest BCUT2D eigenvalue weighted by Crippen LogP contribution is -1.97. The first-order valence-electron chi connectivity index (χ1n) is 5.25. The molecule has 0 amide bonds. The first-order valence-corrected chi connectivity index (χ1v) is 5.25. The molecule has 0 bridgehead atoms. The van der Waals surface area contributed by atoms with Crippen molar-refractivity contribution in [2.75, 3.05) is 5.73 Å². The van der Waals surface area contributed by atoms with Gasteiger partial charge in [-0.25, -0.2) is 9.97 Å². The summed E-state index contributed by atoms with van der Waals surface area (Å²) in [5, 5.41) is 0. The molecule has 2 aromatic rings. The minimum absolute atomic E-state index is 0.515. The fraction of sp³-hybridized carbons (Fsp3) is 0.231. The summed E-state index contributed by atoms with van der Waals surface area (Å²) in [6.07, 6.45) is 0. The average molecular weight is 213 g/mol. The third-order valence-electron chi connectivity index (χ3n) is 2.66.